The monoisotopic (exact) mass is 421 g/mol. The van der Waals surface area contributed by atoms with Crippen LogP contribution in [-0.2, 0) is 0 Å². The number of carbonyl (C=O) groups is 2. The molecule has 1 aliphatic heterocycles. The number of carbonyl (C=O) groups excluding carboxylic acids is 2. The zero-order valence-corrected chi connectivity index (χ0v) is 15.7. The minimum absolute atomic E-state index is 0.0373. The molecule has 25 heavy (non-hydrogen) atoms. The topological polar surface area (TPSA) is 74.6 Å². The summed E-state index contributed by atoms with van der Waals surface area (Å²) in [6.07, 6.45) is 2.04. The lowest BCUT2D eigenvalue weighted by molar-refractivity contribution is 0.0793. The van der Waals surface area contributed by atoms with E-state index in [4.69, 9.17) is 16.6 Å². The van der Waals surface area contributed by atoms with Gasteiger partial charge in [0, 0.05) is 13.1 Å². The van der Waals surface area contributed by atoms with Gasteiger partial charge in [-0.05, 0) is 65.3 Å². The number of benzene rings is 1. The molecule has 0 bridgehead atoms. The van der Waals surface area contributed by atoms with Crippen LogP contribution in [0.25, 0.3) is 0 Å². The number of nitrogens with one attached hydrogen (secondary N) is 2. The molecular weight excluding hydrogens is 406 g/mol. The van der Waals surface area contributed by atoms with Gasteiger partial charge in [-0.15, -0.1) is 0 Å². The van der Waals surface area contributed by atoms with Crippen LogP contribution in [0.4, 0.5) is 5.69 Å². The summed E-state index contributed by atoms with van der Waals surface area (Å²) in [6, 6.07) is 10.3. The molecule has 1 saturated heterocycles. The van der Waals surface area contributed by atoms with E-state index in [0.29, 0.717) is 15.9 Å². The van der Waals surface area contributed by atoms with Gasteiger partial charge < -0.3 is 14.6 Å². The van der Waals surface area contributed by atoms with Crippen LogP contribution in [0.1, 0.15) is 33.8 Å². The van der Waals surface area contributed by atoms with Gasteiger partial charge in [0.25, 0.3) is 11.8 Å². The van der Waals surface area contributed by atoms with Crippen molar-refractivity contribution < 1.29 is 14.0 Å². The van der Waals surface area contributed by atoms with Crippen LogP contribution >= 0.6 is 28.1 Å². The van der Waals surface area contributed by atoms with Crippen LogP contribution < -0.4 is 10.6 Å². The van der Waals surface area contributed by atoms with Crippen molar-refractivity contribution in [3.05, 3.63) is 52.4 Å². The number of hydrogen-bond donors (Lipinski definition) is 2. The Morgan fingerprint density at radius 2 is 1.84 bits per heavy atom. The number of halogens is 1. The Balaban J connectivity index is 1.69. The lowest BCUT2D eigenvalue weighted by Gasteiger charge is -2.18. The first-order valence-corrected chi connectivity index (χ1v) is 9.00. The number of nitrogens with zero attached hydrogens (tertiary/aromatic N) is 1. The number of hydrogen-bond acceptors (Lipinski definition) is 4. The number of para-hydroxylation sites is 1. The molecule has 1 fully saturated rings. The van der Waals surface area contributed by atoms with Crippen LogP contribution in [-0.4, -0.2) is 34.9 Å². The Morgan fingerprint density at radius 1 is 1.12 bits per heavy atom. The predicted molar refractivity (Wildman–Crippen MR) is 102 cm³/mol. The predicted octanol–water partition coefficient (Wildman–Crippen LogP) is 3.40. The molecule has 8 heteroatoms. The van der Waals surface area contributed by atoms with E-state index in [1.807, 2.05) is 4.90 Å². The molecule has 2 heterocycles. The van der Waals surface area contributed by atoms with Gasteiger partial charge in [-0.25, -0.2) is 0 Å². The molecule has 0 atom stereocenters. The molecule has 1 aromatic carbocycles. The van der Waals surface area contributed by atoms with Crippen molar-refractivity contribution in [2.24, 2.45) is 0 Å². The van der Waals surface area contributed by atoms with Crippen molar-refractivity contribution in [3.8, 4) is 0 Å². The fourth-order valence-electron chi connectivity index (χ4n) is 2.62. The van der Waals surface area contributed by atoms with Gasteiger partial charge in [0.1, 0.15) is 0 Å². The molecule has 2 N–H and O–H groups in total. The molecule has 0 aliphatic carbocycles. The molecule has 1 aliphatic rings. The van der Waals surface area contributed by atoms with Gasteiger partial charge in [-0.2, -0.15) is 0 Å². The molecular formula is C17H16BrN3O3S. The Bertz CT molecular complexity index is 815. The van der Waals surface area contributed by atoms with E-state index >= 15 is 0 Å². The van der Waals surface area contributed by atoms with Crippen LogP contribution in [0.5, 0.6) is 0 Å². The maximum Gasteiger partial charge on any atom is 0.293 e. The van der Waals surface area contributed by atoms with Crippen LogP contribution in [0.15, 0.2) is 45.5 Å². The van der Waals surface area contributed by atoms with E-state index in [9.17, 15) is 9.59 Å². The lowest BCUT2D eigenvalue weighted by atomic mass is 10.1. The van der Waals surface area contributed by atoms with E-state index in [1.54, 1.807) is 30.3 Å². The fourth-order valence-corrected chi connectivity index (χ4v) is 3.13. The normalized spacial score (nSPS) is 13.6. The fraction of sp³-hybridized carbons (Fsp3) is 0.235. The van der Waals surface area contributed by atoms with E-state index in [-0.39, 0.29) is 16.8 Å². The zero-order valence-electron chi connectivity index (χ0n) is 13.3. The Kier molecular flexibility index (Phi) is 5.50. The third-order valence-corrected chi connectivity index (χ3v) is 4.45. The molecule has 0 unspecified atom stereocenters. The average molecular weight is 422 g/mol. The average Bonchev–Trinajstić information content (AvgIpc) is 3.26. The highest BCUT2D eigenvalue weighted by Gasteiger charge is 2.22. The van der Waals surface area contributed by atoms with Gasteiger partial charge in [-0.1, -0.05) is 12.1 Å². The molecule has 6 nitrogen and oxygen atoms in total. The first-order chi connectivity index (χ1) is 12.0. The maximum absolute atomic E-state index is 12.6. The summed E-state index contributed by atoms with van der Waals surface area (Å²) in [5.41, 5.74) is 1.09. The minimum atomic E-state index is -0.466. The number of furan rings is 1. The number of amides is 2. The maximum atomic E-state index is 12.6. The van der Waals surface area contributed by atoms with Crippen LogP contribution in [0.2, 0.25) is 0 Å². The molecule has 3 rings (SSSR count). The van der Waals surface area contributed by atoms with Crippen molar-refractivity contribution in [1.29, 1.82) is 0 Å². The highest BCUT2D eigenvalue weighted by Crippen LogP contribution is 2.20. The van der Waals surface area contributed by atoms with Gasteiger partial charge >= 0.3 is 0 Å². The third-order valence-electron chi connectivity index (χ3n) is 3.82. The number of thiocarbonyl (C=S) groups is 1. The second-order valence-electron chi connectivity index (χ2n) is 5.56. The summed E-state index contributed by atoms with van der Waals surface area (Å²) in [4.78, 5) is 26.5. The molecule has 0 radical (unpaired) electrons. The number of anilines is 1. The van der Waals surface area contributed by atoms with Crippen molar-refractivity contribution in [2.45, 2.75) is 12.8 Å². The standard InChI is InChI=1S/C17H16BrN3O3S/c18-14-8-7-13(24-14)15(22)20-17(25)19-12-6-2-1-5-11(12)16(23)21-9-3-4-10-21/h1-2,5-8H,3-4,9-10H2,(H2,19,20,22,25). The molecule has 130 valence electrons. The van der Waals surface area contributed by atoms with Crippen molar-refractivity contribution in [2.75, 3.05) is 18.4 Å². The minimum Gasteiger partial charge on any atom is -0.444 e. The van der Waals surface area contributed by atoms with Crippen molar-refractivity contribution >= 4 is 50.8 Å². The van der Waals surface area contributed by atoms with Crippen molar-refractivity contribution in [1.82, 2.24) is 10.2 Å². The summed E-state index contributed by atoms with van der Waals surface area (Å²) >= 11 is 8.32. The molecule has 0 saturated carbocycles. The summed E-state index contributed by atoms with van der Waals surface area (Å²) in [5.74, 6) is -0.367. The van der Waals surface area contributed by atoms with E-state index in [0.717, 1.165) is 25.9 Å². The van der Waals surface area contributed by atoms with Gasteiger partial charge in [0.2, 0.25) is 0 Å². The van der Waals surface area contributed by atoms with Gasteiger partial charge in [0.05, 0.1) is 11.3 Å². The van der Waals surface area contributed by atoms with E-state index in [2.05, 4.69) is 26.6 Å². The molecule has 1 aromatic heterocycles. The Morgan fingerprint density at radius 3 is 2.52 bits per heavy atom. The third kappa shape index (κ3) is 4.26. The molecule has 2 aromatic rings. The van der Waals surface area contributed by atoms with E-state index < -0.39 is 5.91 Å². The second-order valence-corrected chi connectivity index (χ2v) is 6.75. The zero-order chi connectivity index (χ0) is 17.8. The molecule has 0 spiro atoms. The van der Waals surface area contributed by atoms with Crippen LogP contribution in [0, 0.1) is 0 Å². The van der Waals surface area contributed by atoms with Gasteiger partial charge in [0.15, 0.2) is 15.5 Å². The smallest absolute Gasteiger partial charge is 0.293 e. The van der Waals surface area contributed by atoms with Gasteiger partial charge in [-0.3, -0.25) is 14.9 Å². The lowest BCUT2D eigenvalue weighted by Crippen LogP contribution is -2.35. The highest BCUT2D eigenvalue weighted by molar-refractivity contribution is 9.10. The van der Waals surface area contributed by atoms with Crippen LogP contribution in [0.3, 0.4) is 0 Å². The first kappa shape index (κ1) is 17.6. The first-order valence-electron chi connectivity index (χ1n) is 7.80. The summed E-state index contributed by atoms with van der Waals surface area (Å²) in [7, 11) is 0. The summed E-state index contributed by atoms with van der Waals surface area (Å²) in [6.45, 7) is 1.53. The number of likely N-dealkylation sites (tertiary alicyclic amines) is 1. The number of rotatable bonds is 3. The summed E-state index contributed by atoms with van der Waals surface area (Å²) in [5, 5.41) is 5.55. The SMILES string of the molecule is O=C(NC(=S)Nc1ccccc1C(=O)N1CCCC1)c1ccc(Br)o1. The largest absolute Gasteiger partial charge is 0.444 e. The quantitative estimate of drug-likeness (QED) is 0.742. The second kappa shape index (κ2) is 7.79. The molecule has 2 amide bonds. The van der Waals surface area contributed by atoms with Crippen molar-refractivity contribution in [3.63, 3.8) is 0 Å². The Labute approximate surface area is 158 Å². The summed E-state index contributed by atoms with van der Waals surface area (Å²) < 4.78 is 5.64. The highest BCUT2D eigenvalue weighted by atomic mass is 79.9. The van der Waals surface area contributed by atoms with E-state index in [1.165, 1.54) is 6.07 Å². The Hall–Kier alpha value is -2.19.